The Balaban J connectivity index is 1.99. The Morgan fingerprint density at radius 3 is 2.26 bits per heavy atom. The van der Waals surface area contributed by atoms with E-state index in [4.69, 9.17) is 4.74 Å². The molecule has 0 aliphatic rings. The smallest absolute Gasteiger partial charge is 0.416 e. The molecule has 0 saturated carbocycles. The van der Waals surface area contributed by atoms with Gasteiger partial charge in [0.2, 0.25) is 0 Å². The van der Waals surface area contributed by atoms with Gasteiger partial charge in [0, 0.05) is 29.9 Å². The van der Waals surface area contributed by atoms with Crippen LogP contribution in [0.2, 0.25) is 0 Å². The summed E-state index contributed by atoms with van der Waals surface area (Å²) in [5.41, 5.74) is -3.74. The number of methoxy groups -OCH3 is 1. The first-order valence-corrected chi connectivity index (χ1v) is 13.4. The summed E-state index contributed by atoms with van der Waals surface area (Å²) in [5.74, 6) is -2.25. The van der Waals surface area contributed by atoms with Crippen molar-refractivity contribution < 1.29 is 26.7 Å². The third-order valence-electron chi connectivity index (χ3n) is 7.21. The van der Waals surface area contributed by atoms with Crippen LogP contribution < -0.4 is 26.6 Å². The molecule has 228 valence electrons. The van der Waals surface area contributed by atoms with Crippen LogP contribution in [0.15, 0.2) is 76.3 Å². The van der Waals surface area contributed by atoms with Crippen molar-refractivity contribution in [1.82, 2.24) is 19.8 Å². The number of alkyl halides is 3. The highest BCUT2D eigenvalue weighted by molar-refractivity contribution is 5.67. The lowest BCUT2D eigenvalue weighted by molar-refractivity contribution is -0.138. The zero-order chi connectivity index (χ0) is 31.3. The van der Waals surface area contributed by atoms with Gasteiger partial charge >= 0.3 is 11.9 Å². The molecule has 1 atom stereocenters. The Morgan fingerprint density at radius 1 is 0.907 bits per heavy atom. The largest absolute Gasteiger partial charge is 0.494 e. The molecule has 3 aromatic carbocycles. The molecule has 43 heavy (non-hydrogen) atoms. The first kappa shape index (κ1) is 31.6. The molecule has 1 heterocycles. The molecule has 12 heteroatoms. The van der Waals surface area contributed by atoms with E-state index in [1.807, 2.05) is 0 Å². The molecule has 4 rings (SSSR count). The van der Waals surface area contributed by atoms with E-state index in [2.05, 4.69) is 10.6 Å². The van der Waals surface area contributed by atoms with Crippen LogP contribution in [0.4, 0.5) is 22.0 Å². The van der Waals surface area contributed by atoms with Crippen molar-refractivity contribution in [1.29, 1.82) is 0 Å². The van der Waals surface area contributed by atoms with Crippen LogP contribution in [0.1, 0.15) is 28.4 Å². The van der Waals surface area contributed by atoms with Gasteiger partial charge in [-0.25, -0.2) is 13.6 Å². The van der Waals surface area contributed by atoms with Crippen LogP contribution in [0.3, 0.4) is 0 Å². The normalized spacial score (nSPS) is 12.4. The van der Waals surface area contributed by atoms with E-state index in [1.54, 1.807) is 37.4 Å². The summed E-state index contributed by atoms with van der Waals surface area (Å²) in [5, 5.41) is 6.28. The highest BCUT2D eigenvalue weighted by atomic mass is 19.4. The van der Waals surface area contributed by atoms with Gasteiger partial charge in [0.05, 0.1) is 37.4 Å². The minimum absolute atomic E-state index is 0.130. The predicted octanol–water partition coefficient (Wildman–Crippen LogP) is 4.89. The van der Waals surface area contributed by atoms with Crippen LogP contribution in [-0.4, -0.2) is 36.4 Å². The lowest BCUT2D eigenvalue weighted by Gasteiger charge is -2.23. The van der Waals surface area contributed by atoms with Crippen molar-refractivity contribution in [2.75, 3.05) is 27.2 Å². The number of ether oxygens (including phenoxy) is 1. The number of rotatable bonds is 11. The number of nitrogens with zero attached hydrogens (tertiary/aromatic N) is 2. The SMILES string of the molecule is CNCCN[C@@H](Cn1c(=O)c(-c2cccc(OC)c2F)c(C)n(Cc2c(F)cccc2C(F)(F)F)c1=O)c1ccccc1. The van der Waals surface area contributed by atoms with Gasteiger partial charge in [-0.15, -0.1) is 0 Å². The minimum Gasteiger partial charge on any atom is -0.494 e. The van der Waals surface area contributed by atoms with Gasteiger partial charge in [0.25, 0.3) is 5.56 Å². The first-order chi connectivity index (χ1) is 20.5. The second-order valence-corrected chi connectivity index (χ2v) is 9.85. The van der Waals surface area contributed by atoms with Crippen LogP contribution >= 0.6 is 0 Å². The summed E-state index contributed by atoms with van der Waals surface area (Å²) < 4.78 is 78.9. The Hall–Kier alpha value is -4.29. The fourth-order valence-corrected chi connectivity index (χ4v) is 4.99. The van der Waals surface area contributed by atoms with Crippen LogP contribution in [0, 0.1) is 18.6 Å². The number of halogens is 5. The molecule has 7 nitrogen and oxygen atoms in total. The average molecular weight is 603 g/mol. The highest BCUT2D eigenvalue weighted by Crippen LogP contribution is 2.34. The van der Waals surface area contributed by atoms with E-state index in [0.29, 0.717) is 19.2 Å². The fraction of sp³-hybridized carbons (Fsp3) is 0.290. The molecular weight excluding hydrogens is 571 g/mol. The summed E-state index contributed by atoms with van der Waals surface area (Å²) in [4.78, 5) is 27.9. The first-order valence-electron chi connectivity index (χ1n) is 13.4. The molecule has 0 aliphatic carbocycles. The third-order valence-corrected chi connectivity index (χ3v) is 7.21. The third kappa shape index (κ3) is 6.70. The Kier molecular flexibility index (Phi) is 9.82. The lowest BCUT2D eigenvalue weighted by Crippen LogP contribution is -2.45. The standard InChI is InChI=1S/C31H31F5N4O3/c1-19-27(21-11-7-14-26(43-3)28(21)33)29(41)40(18-25(38-16-15-37-2)20-9-5-4-6-10-20)30(42)39(19)17-22-23(31(34,35)36)12-8-13-24(22)32/h4-14,25,37-38H,15-18H2,1-3H3/t25-/m0/s1. The van der Waals surface area contributed by atoms with Gasteiger partial charge in [-0.3, -0.25) is 13.9 Å². The maximum Gasteiger partial charge on any atom is 0.416 e. The van der Waals surface area contributed by atoms with Crippen molar-refractivity contribution in [3.63, 3.8) is 0 Å². The van der Waals surface area contributed by atoms with Gasteiger partial charge in [-0.2, -0.15) is 13.2 Å². The summed E-state index contributed by atoms with van der Waals surface area (Å²) in [6.07, 6.45) is -4.92. The molecule has 0 radical (unpaired) electrons. The molecule has 0 bridgehead atoms. The Bertz CT molecular complexity index is 1700. The maximum absolute atomic E-state index is 15.5. The summed E-state index contributed by atoms with van der Waals surface area (Å²) in [7, 11) is 3.00. The maximum atomic E-state index is 15.5. The zero-order valence-corrected chi connectivity index (χ0v) is 23.8. The van der Waals surface area contributed by atoms with E-state index in [1.165, 1.54) is 32.2 Å². The van der Waals surface area contributed by atoms with Crippen LogP contribution in [-0.2, 0) is 19.3 Å². The van der Waals surface area contributed by atoms with E-state index in [9.17, 15) is 27.2 Å². The summed E-state index contributed by atoms with van der Waals surface area (Å²) in [6, 6.07) is 15.0. The lowest BCUT2D eigenvalue weighted by atomic mass is 10.0. The number of hydrogen-bond acceptors (Lipinski definition) is 5. The minimum atomic E-state index is -4.92. The molecular formula is C31H31F5N4O3. The quantitative estimate of drug-likeness (QED) is 0.189. The summed E-state index contributed by atoms with van der Waals surface area (Å²) >= 11 is 0. The topological polar surface area (TPSA) is 77.3 Å². The van der Waals surface area contributed by atoms with Gasteiger partial charge in [-0.05, 0) is 37.7 Å². The van der Waals surface area contributed by atoms with Crippen LogP contribution in [0.25, 0.3) is 11.1 Å². The number of aromatic nitrogens is 2. The van der Waals surface area contributed by atoms with E-state index in [-0.39, 0.29) is 29.1 Å². The van der Waals surface area contributed by atoms with Crippen molar-refractivity contribution >= 4 is 0 Å². The Morgan fingerprint density at radius 2 is 1.60 bits per heavy atom. The van der Waals surface area contributed by atoms with Gasteiger partial charge < -0.3 is 15.4 Å². The molecule has 0 amide bonds. The van der Waals surface area contributed by atoms with Gasteiger partial charge in [-0.1, -0.05) is 48.5 Å². The second-order valence-electron chi connectivity index (χ2n) is 9.85. The van der Waals surface area contributed by atoms with E-state index >= 15 is 4.39 Å². The molecule has 2 N–H and O–H groups in total. The molecule has 0 spiro atoms. The average Bonchev–Trinajstić information content (AvgIpc) is 2.98. The molecule has 0 unspecified atom stereocenters. The zero-order valence-electron chi connectivity index (χ0n) is 23.8. The fourth-order valence-electron chi connectivity index (χ4n) is 4.99. The van der Waals surface area contributed by atoms with Crippen LogP contribution in [0.5, 0.6) is 5.75 Å². The molecule has 0 saturated heterocycles. The molecule has 0 fully saturated rings. The van der Waals surface area contributed by atoms with Gasteiger partial charge in [0.15, 0.2) is 11.6 Å². The summed E-state index contributed by atoms with van der Waals surface area (Å²) in [6.45, 7) is 1.23. The molecule has 0 aliphatic heterocycles. The van der Waals surface area contributed by atoms with Crippen molar-refractivity contribution in [3.05, 3.63) is 122 Å². The van der Waals surface area contributed by atoms with E-state index < -0.39 is 52.8 Å². The number of nitrogens with one attached hydrogen (secondary N) is 2. The monoisotopic (exact) mass is 602 g/mol. The number of benzene rings is 3. The Labute approximate surface area is 244 Å². The van der Waals surface area contributed by atoms with Crippen molar-refractivity contribution in [2.45, 2.75) is 32.2 Å². The van der Waals surface area contributed by atoms with E-state index in [0.717, 1.165) is 26.8 Å². The van der Waals surface area contributed by atoms with Crippen molar-refractivity contribution in [3.8, 4) is 16.9 Å². The van der Waals surface area contributed by atoms with Crippen molar-refractivity contribution in [2.24, 2.45) is 0 Å². The van der Waals surface area contributed by atoms with Gasteiger partial charge in [0.1, 0.15) is 5.82 Å². The number of likely N-dealkylation sites (N-methyl/N-ethyl adjacent to an activating group) is 1. The second kappa shape index (κ2) is 13.3. The number of hydrogen-bond donors (Lipinski definition) is 2. The highest BCUT2D eigenvalue weighted by Gasteiger charge is 2.35. The molecule has 1 aromatic heterocycles. The molecule has 4 aromatic rings. The predicted molar refractivity (Wildman–Crippen MR) is 153 cm³/mol.